The number of aryl methyl sites for hydroxylation is 1. The van der Waals surface area contributed by atoms with Gasteiger partial charge in [0, 0.05) is 36.3 Å². The van der Waals surface area contributed by atoms with Crippen molar-refractivity contribution < 1.29 is 9.53 Å². The summed E-state index contributed by atoms with van der Waals surface area (Å²) in [5.41, 5.74) is 1.59. The molecule has 0 unspecified atom stereocenters. The number of hydrogen-bond acceptors (Lipinski definition) is 5. The van der Waals surface area contributed by atoms with Gasteiger partial charge in [0.15, 0.2) is 0 Å². The van der Waals surface area contributed by atoms with E-state index in [4.69, 9.17) is 4.74 Å². The Balaban J connectivity index is 1.33. The van der Waals surface area contributed by atoms with E-state index in [2.05, 4.69) is 25.2 Å². The molecule has 2 N–H and O–H groups in total. The van der Waals surface area contributed by atoms with Gasteiger partial charge in [-0.25, -0.2) is 4.98 Å². The summed E-state index contributed by atoms with van der Waals surface area (Å²) in [4.78, 5) is 26.6. The van der Waals surface area contributed by atoms with Gasteiger partial charge in [0.05, 0.1) is 12.1 Å². The van der Waals surface area contributed by atoms with Gasteiger partial charge in [-0.3, -0.25) is 4.79 Å². The summed E-state index contributed by atoms with van der Waals surface area (Å²) in [7, 11) is 0. The fraction of sp³-hybridized carbons (Fsp3) is 0.350. The van der Waals surface area contributed by atoms with Crippen molar-refractivity contribution in [2.24, 2.45) is 0 Å². The lowest BCUT2D eigenvalue weighted by Gasteiger charge is -2.17. The Hall–Kier alpha value is -3.09. The number of amides is 1. The van der Waals surface area contributed by atoms with Crippen LogP contribution in [0.5, 0.6) is 5.88 Å². The minimum Gasteiger partial charge on any atom is -0.476 e. The number of anilines is 1. The fourth-order valence-corrected chi connectivity index (χ4v) is 3.38. The number of rotatable bonds is 6. The molecule has 3 heterocycles. The number of benzene rings is 1. The SMILES string of the molecule is Cc1nc(OCCNC(=O)c2c[nH]c3ccccc23)cc(N2CCCC2)n1. The van der Waals surface area contributed by atoms with E-state index in [-0.39, 0.29) is 5.91 Å². The third kappa shape index (κ3) is 3.86. The second-order valence-corrected chi connectivity index (χ2v) is 6.66. The minimum atomic E-state index is -0.118. The lowest BCUT2D eigenvalue weighted by atomic mass is 10.1. The molecule has 0 aliphatic carbocycles. The van der Waals surface area contributed by atoms with Crippen molar-refractivity contribution in [3.63, 3.8) is 0 Å². The number of carbonyl (C=O) groups excluding carboxylic acids is 1. The van der Waals surface area contributed by atoms with Crippen LogP contribution in [-0.2, 0) is 0 Å². The number of nitrogens with zero attached hydrogens (tertiary/aromatic N) is 3. The molecule has 27 heavy (non-hydrogen) atoms. The molecule has 0 radical (unpaired) electrons. The van der Waals surface area contributed by atoms with Crippen molar-refractivity contribution in [1.29, 1.82) is 0 Å². The summed E-state index contributed by atoms with van der Waals surface area (Å²) in [5.74, 6) is 2.04. The summed E-state index contributed by atoms with van der Waals surface area (Å²) in [6.07, 6.45) is 4.12. The zero-order valence-electron chi connectivity index (χ0n) is 15.4. The lowest BCUT2D eigenvalue weighted by Crippen LogP contribution is -2.28. The predicted molar refractivity (Wildman–Crippen MR) is 104 cm³/mol. The van der Waals surface area contributed by atoms with Gasteiger partial charge in [0.1, 0.15) is 18.2 Å². The maximum atomic E-state index is 12.4. The molecule has 3 aromatic rings. The summed E-state index contributed by atoms with van der Waals surface area (Å²) < 4.78 is 5.74. The fourth-order valence-electron chi connectivity index (χ4n) is 3.38. The Morgan fingerprint density at radius 3 is 2.93 bits per heavy atom. The first-order valence-electron chi connectivity index (χ1n) is 9.28. The smallest absolute Gasteiger partial charge is 0.253 e. The van der Waals surface area contributed by atoms with Gasteiger partial charge < -0.3 is 19.9 Å². The van der Waals surface area contributed by atoms with E-state index >= 15 is 0 Å². The number of carbonyl (C=O) groups is 1. The van der Waals surface area contributed by atoms with Crippen LogP contribution in [0.1, 0.15) is 29.0 Å². The Morgan fingerprint density at radius 2 is 2.07 bits per heavy atom. The van der Waals surface area contributed by atoms with Gasteiger partial charge in [-0.1, -0.05) is 18.2 Å². The monoisotopic (exact) mass is 365 g/mol. The first kappa shape index (κ1) is 17.3. The van der Waals surface area contributed by atoms with Crippen LogP contribution in [0.25, 0.3) is 10.9 Å². The molecule has 7 nitrogen and oxygen atoms in total. The van der Waals surface area contributed by atoms with E-state index in [1.165, 1.54) is 12.8 Å². The number of ether oxygens (including phenoxy) is 1. The highest BCUT2D eigenvalue weighted by Crippen LogP contribution is 2.21. The Bertz CT molecular complexity index is 946. The van der Waals surface area contributed by atoms with Gasteiger partial charge in [-0.05, 0) is 25.8 Å². The number of hydrogen-bond donors (Lipinski definition) is 2. The molecule has 1 aliphatic rings. The maximum Gasteiger partial charge on any atom is 0.253 e. The number of H-pyrrole nitrogens is 1. The van der Waals surface area contributed by atoms with Crippen LogP contribution in [-0.4, -0.2) is 47.1 Å². The molecule has 7 heteroatoms. The summed E-state index contributed by atoms with van der Waals surface area (Å²) in [6.45, 7) is 4.67. The molecule has 1 fully saturated rings. The Labute approximate surface area is 157 Å². The second kappa shape index (κ2) is 7.65. The van der Waals surface area contributed by atoms with Crippen molar-refractivity contribution in [2.45, 2.75) is 19.8 Å². The number of aromatic nitrogens is 3. The van der Waals surface area contributed by atoms with Crippen LogP contribution in [0.3, 0.4) is 0 Å². The molecule has 4 rings (SSSR count). The van der Waals surface area contributed by atoms with Gasteiger partial charge in [-0.15, -0.1) is 0 Å². The van der Waals surface area contributed by atoms with Crippen molar-refractivity contribution in [1.82, 2.24) is 20.3 Å². The average Bonchev–Trinajstić information content (AvgIpc) is 3.34. The van der Waals surface area contributed by atoms with Gasteiger partial charge in [0.2, 0.25) is 5.88 Å². The number of fused-ring (bicyclic) bond motifs is 1. The highest BCUT2D eigenvalue weighted by molar-refractivity contribution is 6.06. The van der Waals surface area contributed by atoms with E-state index in [1.54, 1.807) is 6.20 Å². The molecule has 1 aromatic carbocycles. The summed E-state index contributed by atoms with van der Waals surface area (Å²) in [5, 5.41) is 3.81. The first-order chi connectivity index (χ1) is 13.2. The predicted octanol–water partition coefficient (Wildman–Crippen LogP) is 2.68. The van der Waals surface area contributed by atoms with Crippen molar-refractivity contribution >= 4 is 22.6 Å². The van der Waals surface area contributed by atoms with Crippen molar-refractivity contribution in [2.75, 3.05) is 31.1 Å². The third-order valence-corrected chi connectivity index (χ3v) is 4.70. The van der Waals surface area contributed by atoms with E-state index < -0.39 is 0 Å². The average molecular weight is 365 g/mol. The molecule has 1 saturated heterocycles. The summed E-state index contributed by atoms with van der Waals surface area (Å²) in [6, 6.07) is 9.62. The quantitative estimate of drug-likeness (QED) is 0.656. The number of nitrogens with one attached hydrogen (secondary N) is 2. The van der Waals surface area contributed by atoms with E-state index in [0.717, 1.165) is 29.8 Å². The van der Waals surface area contributed by atoms with Gasteiger partial charge >= 0.3 is 0 Å². The van der Waals surface area contributed by atoms with Crippen LogP contribution in [0.2, 0.25) is 0 Å². The summed E-state index contributed by atoms with van der Waals surface area (Å²) >= 11 is 0. The zero-order chi connectivity index (χ0) is 18.6. The number of para-hydroxylation sites is 1. The minimum absolute atomic E-state index is 0.118. The molecule has 0 bridgehead atoms. The third-order valence-electron chi connectivity index (χ3n) is 4.70. The van der Waals surface area contributed by atoms with E-state index in [0.29, 0.717) is 30.4 Å². The second-order valence-electron chi connectivity index (χ2n) is 6.66. The number of aromatic amines is 1. The molecule has 0 atom stereocenters. The lowest BCUT2D eigenvalue weighted by molar-refractivity contribution is 0.0948. The van der Waals surface area contributed by atoms with E-state index in [1.807, 2.05) is 37.3 Å². The molecular formula is C20H23N5O2. The molecule has 0 saturated carbocycles. The van der Waals surface area contributed by atoms with Crippen LogP contribution in [0, 0.1) is 6.92 Å². The highest BCUT2D eigenvalue weighted by Gasteiger charge is 2.15. The van der Waals surface area contributed by atoms with Crippen LogP contribution < -0.4 is 15.0 Å². The van der Waals surface area contributed by atoms with Crippen molar-refractivity contribution in [3.8, 4) is 5.88 Å². The Morgan fingerprint density at radius 1 is 1.26 bits per heavy atom. The van der Waals surface area contributed by atoms with Crippen LogP contribution in [0.15, 0.2) is 36.5 Å². The van der Waals surface area contributed by atoms with Gasteiger partial charge in [0.25, 0.3) is 5.91 Å². The van der Waals surface area contributed by atoms with E-state index in [9.17, 15) is 4.79 Å². The largest absolute Gasteiger partial charge is 0.476 e. The molecule has 140 valence electrons. The molecule has 1 aliphatic heterocycles. The Kier molecular flexibility index (Phi) is 4.91. The molecular weight excluding hydrogens is 342 g/mol. The molecule has 0 spiro atoms. The topological polar surface area (TPSA) is 83.1 Å². The van der Waals surface area contributed by atoms with Crippen LogP contribution in [0.4, 0.5) is 5.82 Å². The van der Waals surface area contributed by atoms with Gasteiger partial charge in [-0.2, -0.15) is 4.98 Å². The van der Waals surface area contributed by atoms with Crippen molar-refractivity contribution in [3.05, 3.63) is 47.9 Å². The zero-order valence-corrected chi connectivity index (χ0v) is 15.4. The molecule has 2 aromatic heterocycles. The standard InChI is InChI=1S/C20H23N5O2/c1-14-23-18(25-9-4-5-10-25)12-19(24-14)27-11-8-21-20(26)16-13-22-17-7-3-2-6-15(16)17/h2-3,6-7,12-13,22H,4-5,8-11H2,1H3,(H,21,26). The highest BCUT2D eigenvalue weighted by atomic mass is 16.5. The van der Waals surface area contributed by atoms with Crippen LogP contribution >= 0.6 is 0 Å². The first-order valence-corrected chi connectivity index (χ1v) is 9.28. The maximum absolute atomic E-state index is 12.4. The normalized spacial score (nSPS) is 13.9. The molecule has 1 amide bonds.